The number of sulfonamides is 1. The average Bonchev–Trinajstić information content (AvgIpc) is 2.82. The third-order valence-corrected chi connectivity index (χ3v) is 7.35. The van der Waals surface area contributed by atoms with Gasteiger partial charge in [0.15, 0.2) is 0 Å². The van der Waals surface area contributed by atoms with Crippen LogP contribution in [-0.2, 0) is 26.0 Å². The molecule has 0 bridgehead atoms. The highest BCUT2D eigenvalue weighted by atomic mass is 32.2. The first-order valence-electron chi connectivity index (χ1n) is 12.2. The van der Waals surface area contributed by atoms with Gasteiger partial charge in [0.2, 0.25) is 21.8 Å². The van der Waals surface area contributed by atoms with Gasteiger partial charge in [-0.15, -0.1) is 0 Å². The Morgan fingerprint density at radius 1 is 1.00 bits per heavy atom. The summed E-state index contributed by atoms with van der Waals surface area (Å²) in [6, 6.07) is 14.5. The number of hydrogen-bond acceptors (Lipinski definition) is 4. The maximum absolute atomic E-state index is 13.7. The maximum atomic E-state index is 13.7. The van der Waals surface area contributed by atoms with Crippen molar-refractivity contribution in [2.45, 2.75) is 59.4 Å². The summed E-state index contributed by atoms with van der Waals surface area (Å²) in [7, 11) is -3.74. The summed E-state index contributed by atoms with van der Waals surface area (Å²) in [6.07, 6.45) is 3.90. The lowest BCUT2D eigenvalue weighted by atomic mass is 10.1. The molecule has 0 spiro atoms. The summed E-state index contributed by atoms with van der Waals surface area (Å²) in [4.78, 5) is 28.2. The number of carbonyl (C=O) groups excluding carboxylic acids is 2. The van der Waals surface area contributed by atoms with Crippen molar-refractivity contribution in [1.82, 2.24) is 10.2 Å². The van der Waals surface area contributed by atoms with Crippen molar-refractivity contribution >= 4 is 27.5 Å². The number of benzene rings is 2. The van der Waals surface area contributed by atoms with Crippen LogP contribution >= 0.6 is 0 Å². The van der Waals surface area contributed by atoms with Gasteiger partial charge in [-0.1, -0.05) is 62.7 Å². The number of anilines is 1. The second-order valence-electron chi connectivity index (χ2n) is 8.88. The minimum atomic E-state index is -3.74. The minimum absolute atomic E-state index is 0.208. The fourth-order valence-corrected chi connectivity index (χ4v) is 4.90. The van der Waals surface area contributed by atoms with Crippen molar-refractivity contribution < 1.29 is 18.0 Å². The zero-order valence-electron chi connectivity index (χ0n) is 21.6. The summed E-state index contributed by atoms with van der Waals surface area (Å²) in [5.74, 6) is -0.607. The van der Waals surface area contributed by atoms with Crippen molar-refractivity contribution in [3.63, 3.8) is 0 Å². The van der Waals surface area contributed by atoms with E-state index >= 15 is 0 Å². The van der Waals surface area contributed by atoms with Crippen molar-refractivity contribution in [1.29, 1.82) is 0 Å². The van der Waals surface area contributed by atoms with Gasteiger partial charge in [0.05, 0.1) is 11.9 Å². The molecule has 8 heteroatoms. The van der Waals surface area contributed by atoms with Gasteiger partial charge in [0, 0.05) is 13.1 Å². The highest BCUT2D eigenvalue weighted by molar-refractivity contribution is 7.92. The van der Waals surface area contributed by atoms with Crippen LogP contribution in [0.5, 0.6) is 0 Å². The highest BCUT2D eigenvalue weighted by Crippen LogP contribution is 2.25. The van der Waals surface area contributed by atoms with Crippen molar-refractivity contribution in [3.8, 4) is 0 Å². The molecule has 0 saturated heterocycles. The topological polar surface area (TPSA) is 86.8 Å². The fourth-order valence-electron chi connectivity index (χ4n) is 4.00. The summed E-state index contributed by atoms with van der Waals surface area (Å²) in [6.45, 7) is 8.16. The van der Waals surface area contributed by atoms with Crippen LogP contribution in [0.3, 0.4) is 0 Å². The van der Waals surface area contributed by atoms with Gasteiger partial charge < -0.3 is 10.2 Å². The molecule has 0 radical (unpaired) electrons. The first-order chi connectivity index (χ1) is 16.6. The molecular formula is C27H39N3O4S. The van der Waals surface area contributed by atoms with E-state index in [1.807, 2.05) is 64.1 Å². The standard InChI is InChI=1S/C27H39N3O4S/c1-6-8-18-28-27(32)24(7-2)29(19-17-23-14-10-9-11-15-23)26(31)20-30(35(5,33)34)25-16-12-13-21(3)22(25)4/h9-16,24H,6-8,17-20H2,1-5H3,(H,28,32)/t24-/m0/s1. The van der Waals surface area contributed by atoms with Gasteiger partial charge in [0.1, 0.15) is 12.6 Å². The summed E-state index contributed by atoms with van der Waals surface area (Å²) in [5.41, 5.74) is 3.25. The van der Waals surface area contributed by atoms with Crippen LogP contribution in [0.15, 0.2) is 48.5 Å². The Morgan fingerprint density at radius 3 is 2.29 bits per heavy atom. The molecule has 0 unspecified atom stereocenters. The van der Waals surface area contributed by atoms with Crippen LogP contribution in [-0.4, -0.2) is 57.1 Å². The number of hydrogen-bond donors (Lipinski definition) is 1. The lowest BCUT2D eigenvalue weighted by molar-refractivity contribution is -0.139. The van der Waals surface area contributed by atoms with Crippen LogP contribution in [0, 0.1) is 13.8 Å². The van der Waals surface area contributed by atoms with Crippen LogP contribution in [0.2, 0.25) is 0 Å². The zero-order chi connectivity index (χ0) is 26.0. The Morgan fingerprint density at radius 2 is 1.69 bits per heavy atom. The van der Waals surface area contributed by atoms with Crippen LogP contribution in [0.25, 0.3) is 0 Å². The Kier molecular flexibility index (Phi) is 10.8. The Labute approximate surface area is 210 Å². The average molecular weight is 502 g/mol. The lowest BCUT2D eigenvalue weighted by Crippen LogP contribution is -2.53. The van der Waals surface area contributed by atoms with E-state index in [4.69, 9.17) is 0 Å². The second kappa shape index (κ2) is 13.3. The predicted molar refractivity (Wildman–Crippen MR) is 142 cm³/mol. The maximum Gasteiger partial charge on any atom is 0.244 e. The van der Waals surface area contributed by atoms with Crippen molar-refractivity contribution in [2.75, 3.05) is 30.2 Å². The smallest absolute Gasteiger partial charge is 0.244 e. The van der Waals surface area contributed by atoms with Crippen molar-refractivity contribution in [2.24, 2.45) is 0 Å². The second-order valence-corrected chi connectivity index (χ2v) is 10.8. The Balaban J connectivity index is 2.37. The molecule has 1 atom stereocenters. The van der Waals surface area contributed by atoms with E-state index < -0.39 is 22.0 Å². The highest BCUT2D eigenvalue weighted by Gasteiger charge is 2.31. The molecule has 2 amide bonds. The number of nitrogens with one attached hydrogen (secondary N) is 1. The number of amides is 2. The Bertz CT molecular complexity index is 1090. The monoisotopic (exact) mass is 501 g/mol. The quantitative estimate of drug-likeness (QED) is 0.423. The third-order valence-electron chi connectivity index (χ3n) is 6.22. The van der Waals surface area contributed by atoms with E-state index in [2.05, 4.69) is 5.32 Å². The molecule has 0 heterocycles. The molecule has 0 aliphatic carbocycles. The zero-order valence-corrected chi connectivity index (χ0v) is 22.4. The van der Waals surface area contributed by atoms with E-state index in [0.717, 1.165) is 40.1 Å². The largest absolute Gasteiger partial charge is 0.354 e. The normalized spacial score (nSPS) is 12.1. The third kappa shape index (κ3) is 8.09. The molecule has 192 valence electrons. The van der Waals surface area contributed by atoms with Crippen LogP contribution < -0.4 is 9.62 Å². The van der Waals surface area contributed by atoms with Gasteiger partial charge in [-0.25, -0.2) is 8.42 Å². The Hall–Kier alpha value is -2.87. The SMILES string of the molecule is CCCCNC(=O)[C@H](CC)N(CCc1ccccc1)C(=O)CN(c1cccc(C)c1C)S(C)(=O)=O. The van der Waals surface area contributed by atoms with E-state index in [-0.39, 0.29) is 12.5 Å². The number of aryl methyl sites for hydroxylation is 1. The fraction of sp³-hybridized carbons (Fsp3) is 0.481. The van der Waals surface area contributed by atoms with E-state index in [1.54, 1.807) is 12.1 Å². The molecule has 35 heavy (non-hydrogen) atoms. The summed E-state index contributed by atoms with van der Waals surface area (Å²) >= 11 is 0. The molecule has 7 nitrogen and oxygen atoms in total. The van der Waals surface area contributed by atoms with Gasteiger partial charge >= 0.3 is 0 Å². The van der Waals surface area contributed by atoms with E-state index in [9.17, 15) is 18.0 Å². The van der Waals surface area contributed by atoms with Gasteiger partial charge in [-0.05, 0) is 55.9 Å². The molecule has 0 aliphatic heterocycles. The minimum Gasteiger partial charge on any atom is -0.354 e. The number of unbranched alkanes of at least 4 members (excludes halogenated alkanes) is 1. The number of carbonyl (C=O) groups is 2. The van der Waals surface area contributed by atoms with Gasteiger partial charge in [-0.2, -0.15) is 0 Å². The predicted octanol–water partition coefficient (Wildman–Crippen LogP) is 3.84. The first kappa shape index (κ1) is 28.4. The number of nitrogens with zero attached hydrogens (tertiary/aromatic N) is 2. The molecular weight excluding hydrogens is 462 g/mol. The van der Waals surface area contributed by atoms with Gasteiger partial charge in [0.25, 0.3) is 0 Å². The number of rotatable bonds is 13. The molecule has 0 saturated carbocycles. The summed E-state index contributed by atoms with van der Waals surface area (Å²) < 4.78 is 26.7. The molecule has 0 fully saturated rings. The molecule has 0 aliphatic rings. The van der Waals surface area contributed by atoms with Crippen LogP contribution in [0.4, 0.5) is 5.69 Å². The first-order valence-corrected chi connectivity index (χ1v) is 14.1. The van der Waals surface area contributed by atoms with Crippen LogP contribution in [0.1, 0.15) is 49.8 Å². The molecule has 0 aromatic heterocycles. The molecule has 2 rings (SSSR count). The molecule has 1 N–H and O–H groups in total. The van der Waals surface area contributed by atoms with E-state index in [0.29, 0.717) is 31.6 Å². The lowest BCUT2D eigenvalue weighted by Gasteiger charge is -2.33. The van der Waals surface area contributed by atoms with Crippen molar-refractivity contribution in [3.05, 3.63) is 65.2 Å². The molecule has 2 aromatic rings. The molecule has 2 aromatic carbocycles. The summed E-state index contributed by atoms with van der Waals surface area (Å²) in [5, 5.41) is 2.94. The van der Waals surface area contributed by atoms with E-state index in [1.165, 1.54) is 4.90 Å². The van der Waals surface area contributed by atoms with Gasteiger partial charge in [-0.3, -0.25) is 13.9 Å².